The van der Waals surface area contributed by atoms with Crippen molar-refractivity contribution in [3.63, 3.8) is 0 Å². The Hall–Kier alpha value is -2.86. The lowest BCUT2D eigenvalue weighted by Gasteiger charge is -2.34. The summed E-state index contributed by atoms with van der Waals surface area (Å²) >= 11 is 6.14. The molecular weight excluding hydrogens is 436 g/mol. The van der Waals surface area contributed by atoms with Gasteiger partial charge in [0.2, 0.25) is 5.91 Å². The summed E-state index contributed by atoms with van der Waals surface area (Å²) in [5.74, 6) is 0.638. The molecule has 0 bridgehead atoms. The van der Waals surface area contributed by atoms with Gasteiger partial charge in [-0.3, -0.25) is 9.59 Å². The average Bonchev–Trinajstić information content (AvgIpc) is 3.16. The first-order valence-corrected chi connectivity index (χ1v) is 12.0. The van der Waals surface area contributed by atoms with Crippen molar-refractivity contribution in [2.75, 3.05) is 6.54 Å². The number of nitrogens with one attached hydrogen (secondary N) is 1. The van der Waals surface area contributed by atoms with Gasteiger partial charge in [-0.15, -0.1) is 0 Å². The van der Waals surface area contributed by atoms with E-state index < -0.39 is 0 Å². The first-order valence-electron chi connectivity index (χ1n) is 11.6. The maximum Gasteiger partial charge on any atom is 0.252 e. The molecule has 0 radical (unpaired) electrons. The number of para-hydroxylation sites is 2. The van der Waals surface area contributed by atoms with E-state index in [0.29, 0.717) is 23.6 Å². The summed E-state index contributed by atoms with van der Waals surface area (Å²) in [6.45, 7) is 9.02. The van der Waals surface area contributed by atoms with Gasteiger partial charge in [0.25, 0.3) is 5.91 Å². The molecule has 0 saturated carbocycles. The zero-order chi connectivity index (χ0) is 24.0. The van der Waals surface area contributed by atoms with Gasteiger partial charge in [-0.05, 0) is 51.0 Å². The Morgan fingerprint density at radius 3 is 2.33 bits per heavy atom. The molecule has 0 aliphatic heterocycles. The first kappa shape index (κ1) is 24.8. The van der Waals surface area contributed by atoms with Crippen molar-refractivity contribution in [3.8, 4) is 0 Å². The maximum absolute atomic E-state index is 13.4. The summed E-state index contributed by atoms with van der Waals surface area (Å²) in [5, 5.41) is 3.34. The van der Waals surface area contributed by atoms with Crippen molar-refractivity contribution in [3.05, 3.63) is 64.9 Å². The van der Waals surface area contributed by atoms with Crippen LogP contribution in [0.25, 0.3) is 11.0 Å². The molecule has 0 saturated heterocycles. The molecule has 2 atom stereocenters. The minimum absolute atomic E-state index is 0.0863. The van der Waals surface area contributed by atoms with Gasteiger partial charge in [-0.25, -0.2) is 4.98 Å². The largest absolute Gasteiger partial charge is 0.352 e. The Labute approximate surface area is 200 Å². The van der Waals surface area contributed by atoms with Crippen LogP contribution in [0.4, 0.5) is 0 Å². The maximum atomic E-state index is 13.4. The molecule has 7 heteroatoms. The number of aromatic nitrogens is 2. The van der Waals surface area contributed by atoms with Crippen molar-refractivity contribution in [2.45, 2.75) is 65.6 Å². The standard InChI is InChI=1S/C26H33ClN4O2/c1-5-18(3)31(19(4)6-2)25(32)17-30-23-14-10-9-13-22(23)29-24(30)15-16-28-26(33)20-11-7-8-12-21(20)27/h7-14,18-19H,5-6,15-17H2,1-4H3,(H,28,33). The topological polar surface area (TPSA) is 67.2 Å². The minimum Gasteiger partial charge on any atom is -0.352 e. The quantitative estimate of drug-likeness (QED) is 0.450. The van der Waals surface area contributed by atoms with E-state index in [1.807, 2.05) is 33.7 Å². The van der Waals surface area contributed by atoms with Gasteiger partial charge >= 0.3 is 0 Å². The number of hydrogen-bond acceptors (Lipinski definition) is 3. The van der Waals surface area contributed by atoms with E-state index in [2.05, 4.69) is 33.0 Å². The van der Waals surface area contributed by atoms with E-state index in [-0.39, 0.29) is 30.4 Å². The van der Waals surface area contributed by atoms with Gasteiger partial charge in [0.15, 0.2) is 0 Å². The highest BCUT2D eigenvalue weighted by molar-refractivity contribution is 6.33. The third-order valence-electron chi connectivity index (χ3n) is 6.20. The van der Waals surface area contributed by atoms with Crippen molar-refractivity contribution in [1.29, 1.82) is 0 Å². The van der Waals surface area contributed by atoms with Crippen LogP contribution in [0.5, 0.6) is 0 Å². The normalized spacial score (nSPS) is 13.0. The van der Waals surface area contributed by atoms with E-state index in [4.69, 9.17) is 16.6 Å². The fourth-order valence-electron chi connectivity index (χ4n) is 4.06. The van der Waals surface area contributed by atoms with Crippen LogP contribution in [0.2, 0.25) is 5.02 Å². The van der Waals surface area contributed by atoms with E-state index in [9.17, 15) is 9.59 Å². The van der Waals surface area contributed by atoms with Crippen LogP contribution >= 0.6 is 11.6 Å². The summed E-state index contributed by atoms with van der Waals surface area (Å²) in [7, 11) is 0. The highest BCUT2D eigenvalue weighted by Gasteiger charge is 2.25. The molecule has 1 N–H and O–H groups in total. The summed E-state index contributed by atoms with van der Waals surface area (Å²) in [4.78, 5) is 32.7. The van der Waals surface area contributed by atoms with Crippen molar-refractivity contribution in [1.82, 2.24) is 19.8 Å². The molecule has 1 aromatic heterocycles. The van der Waals surface area contributed by atoms with Crippen LogP contribution in [0.1, 0.15) is 56.7 Å². The number of rotatable bonds is 10. The number of fused-ring (bicyclic) bond motifs is 1. The molecule has 0 spiro atoms. The molecule has 0 aliphatic carbocycles. The van der Waals surface area contributed by atoms with Crippen LogP contribution < -0.4 is 5.32 Å². The van der Waals surface area contributed by atoms with Gasteiger partial charge in [-0.2, -0.15) is 0 Å². The lowest BCUT2D eigenvalue weighted by atomic mass is 10.1. The van der Waals surface area contributed by atoms with E-state index in [0.717, 1.165) is 29.7 Å². The molecule has 6 nitrogen and oxygen atoms in total. The minimum atomic E-state index is -0.223. The number of carbonyl (C=O) groups excluding carboxylic acids is 2. The second kappa shape index (κ2) is 11.3. The van der Waals surface area contributed by atoms with Gasteiger partial charge in [0.05, 0.1) is 21.6 Å². The molecule has 2 amide bonds. The van der Waals surface area contributed by atoms with Gasteiger partial charge in [-0.1, -0.05) is 49.7 Å². The number of halogens is 1. The number of amides is 2. The lowest BCUT2D eigenvalue weighted by Crippen LogP contribution is -2.46. The smallest absolute Gasteiger partial charge is 0.252 e. The lowest BCUT2D eigenvalue weighted by molar-refractivity contribution is -0.136. The second-order valence-electron chi connectivity index (χ2n) is 8.40. The third kappa shape index (κ3) is 5.74. The predicted molar refractivity (Wildman–Crippen MR) is 134 cm³/mol. The SMILES string of the molecule is CCC(C)N(C(=O)Cn1c(CCNC(=O)c2ccccc2Cl)nc2ccccc21)C(C)CC. The summed E-state index contributed by atoms with van der Waals surface area (Å²) in [6.07, 6.45) is 2.31. The molecule has 176 valence electrons. The van der Waals surface area contributed by atoms with Gasteiger partial charge in [0, 0.05) is 25.0 Å². The molecule has 2 aromatic carbocycles. The number of imidazole rings is 1. The molecule has 1 heterocycles. The van der Waals surface area contributed by atoms with Crippen LogP contribution in [0.3, 0.4) is 0 Å². The molecule has 2 unspecified atom stereocenters. The summed E-state index contributed by atoms with van der Waals surface area (Å²) in [5.41, 5.74) is 2.21. The van der Waals surface area contributed by atoms with Crippen molar-refractivity contribution in [2.24, 2.45) is 0 Å². The second-order valence-corrected chi connectivity index (χ2v) is 8.81. The average molecular weight is 469 g/mol. The fraction of sp³-hybridized carbons (Fsp3) is 0.423. The molecule has 3 rings (SSSR count). The van der Waals surface area contributed by atoms with Crippen LogP contribution in [-0.2, 0) is 17.8 Å². The van der Waals surface area contributed by atoms with E-state index >= 15 is 0 Å². The van der Waals surface area contributed by atoms with E-state index in [1.54, 1.807) is 24.3 Å². The Balaban J connectivity index is 1.80. The summed E-state index contributed by atoms with van der Waals surface area (Å²) < 4.78 is 1.98. The molecule has 33 heavy (non-hydrogen) atoms. The Morgan fingerprint density at radius 2 is 1.67 bits per heavy atom. The Morgan fingerprint density at radius 1 is 1.03 bits per heavy atom. The number of carbonyl (C=O) groups is 2. The van der Waals surface area contributed by atoms with E-state index in [1.165, 1.54) is 0 Å². The Kier molecular flexibility index (Phi) is 8.50. The highest BCUT2D eigenvalue weighted by atomic mass is 35.5. The number of hydrogen-bond donors (Lipinski definition) is 1. The Bertz CT molecular complexity index is 1100. The molecule has 0 aliphatic rings. The number of benzene rings is 2. The molecule has 0 fully saturated rings. The fourth-order valence-corrected chi connectivity index (χ4v) is 4.28. The van der Waals surface area contributed by atoms with Crippen LogP contribution in [-0.4, -0.2) is 44.9 Å². The van der Waals surface area contributed by atoms with Crippen LogP contribution in [0, 0.1) is 0 Å². The monoisotopic (exact) mass is 468 g/mol. The van der Waals surface area contributed by atoms with Crippen molar-refractivity contribution >= 4 is 34.4 Å². The zero-order valence-corrected chi connectivity index (χ0v) is 20.6. The predicted octanol–water partition coefficient (Wildman–Crippen LogP) is 5.09. The van der Waals surface area contributed by atoms with Gasteiger partial charge < -0.3 is 14.8 Å². The number of nitrogens with zero attached hydrogens (tertiary/aromatic N) is 3. The zero-order valence-electron chi connectivity index (χ0n) is 19.8. The van der Waals surface area contributed by atoms with Crippen LogP contribution in [0.15, 0.2) is 48.5 Å². The van der Waals surface area contributed by atoms with Crippen molar-refractivity contribution < 1.29 is 9.59 Å². The molecular formula is C26H33ClN4O2. The molecule has 3 aromatic rings. The van der Waals surface area contributed by atoms with Gasteiger partial charge in [0.1, 0.15) is 12.4 Å². The highest BCUT2D eigenvalue weighted by Crippen LogP contribution is 2.19. The third-order valence-corrected chi connectivity index (χ3v) is 6.53. The summed E-state index contributed by atoms with van der Waals surface area (Å²) in [6, 6.07) is 15.1. The first-order chi connectivity index (χ1) is 15.9.